The average molecular weight is 391 g/mol. The van der Waals surface area contributed by atoms with Crippen molar-refractivity contribution < 1.29 is 23.2 Å². The number of hydrogen-bond acceptors (Lipinski definition) is 8. The van der Waals surface area contributed by atoms with E-state index in [1.165, 1.54) is 11.3 Å². The summed E-state index contributed by atoms with van der Waals surface area (Å²) in [6.45, 7) is 10.9. The van der Waals surface area contributed by atoms with Gasteiger partial charge in [-0.2, -0.15) is 0 Å². The molecule has 0 spiro atoms. The highest BCUT2D eigenvalue weighted by Crippen LogP contribution is 2.30. The van der Waals surface area contributed by atoms with Crippen molar-refractivity contribution in [3.8, 4) is 0 Å². The summed E-state index contributed by atoms with van der Waals surface area (Å²) in [4.78, 5) is 12.1. The van der Waals surface area contributed by atoms with Crippen LogP contribution in [-0.4, -0.2) is 49.7 Å². The fraction of sp³-hybridized carbons (Fsp3) is 0.812. The molecular formula is C16H26N2O5S2. The minimum absolute atomic E-state index is 0.144. The third-order valence-electron chi connectivity index (χ3n) is 3.28. The largest absolute Gasteiger partial charge is 0.460 e. The second kappa shape index (κ2) is 7.77. The van der Waals surface area contributed by atoms with Crippen LogP contribution in [0.1, 0.15) is 52.5 Å². The maximum Gasteiger partial charge on any atom is 0.308 e. The summed E-state index contributed by atoms with van der Waals surface area (Å²) in [6, 6.07) is 0. The van der Waals surface area contributed by atoms with Gasteiger partial charge in [-0.15, -0.1) is 10.2 Å². The lowest BCUT2D eigenvalue weighted by Gasteiger charge is -2.40. The van der Waals surface area contributed by atoms with Crippen LogP contribution < -0.4 is 0 Å². The standard InChI is InChI=1S/C16H26N2O5S2/c1-10-17-18-14(24-10)25(20)9-12-7-11(21-16(5,6)22-12)8-13(19)23-15(2,3)4/h11-12H,7-9H2,1-6H3/t11-,12-,25-/m0/s1. The van der Waals surface area contributed by atoms with Gasteiger partial charge in [0.05, 0.1) is 35.2 Å². The van der Waals surface area contributed by atoms with Gasteiger partial charge in [-0.3, -0.25) is 9.00 Å². The van der Waals surface area contributed by atoms with E-state index in [0.29, 0.717) is 16.5 Å². The number of carbonyl (C=O) groups excluding carboxylic acids is 1. The Kier molecular flexibility index (Phi) is 6.35. The van der Waals surface area contributed by atoms with E-state index in [1.807, 2.05) is 27.7 Å². The second-order valence-corrected chi connectivity index (χ2v) is 10.4. The Morgan fingerprint density at radius 2 is 1.96 bits per heavy atom. The molecule has 1 aromatic heterocycles. The van der Waals surface area contributed by atoms with E-state index in [4.69, 9.17) is 14.2 Å². The molecule has 0 aromatic carbocycles. The normalized spacial score (nSPS) is 24.7. The zero-order valence-electron chi connectivity index (χ0n) is 15.5. The fourth-order valence-corrected chi connectivity index (χ4v) is 4.80. The molecule has 1 aliphatic heterocycles. The smallest absolute Gasteiger partial charge is 0.308 e. The van der Waals surface area contributed by atoms with Gasteiger partial charge in [0, 0.05) is 6.42 Å². The van der Waals surface area contributed by atoms with Crippen molar-refractivity contribution in [1.29, 1.82) is 0 Å². The van der Waals surface area contributed by atoms with E-state index in [0.717, 1.165) is 5.01 Å². The molecule has 0 amide bonds. The first-order valence-electron chi connectivity index (χ1n) is 8.19. The number of rotatable bonds is 5. The van der Waals surface area contributed by atoms with Gasteiger partial charge in [-0.1, -0.05) is 11.3 Å². The monoisotopic (exact) mass is 390 g/mol. The van der Waals surface area contributed by atoms with Gasteiger partial charge in [0.2, 0.25) is 4.34 Å². The first-order valence-corrected chi connectivity index (χ1v) is 10.3. The summed E-state index contributed by atoms with van der Waals surface area (Å²) in [5.41, 5.74) is -0.533. The number of hydrogen-bond donors (Lipinski definition) is 0. The van der Waals surface area contributed by atoms with E-state index in [-0.39, 0.29) is 24.6 Å². The SMILES string of the molecule is Cc1nnc([S@@](=O)C[C@@H]2C[C@@H](CC(=O)OC(C)(C)C)OC(C)(C)O2)s1. The first kappa shape index (κ1) is 20.4. The third-order valence-corrected chi connectivity index (χ3v) is 5.87. The van der Waals surface area contributed by atoms with Crippen LogP contribution in [0, 0.1) is 6.92 Å². The number of ether oxygens (including phenoxy) is 3. The maximum absolute atomic E-state index is 12.5. The molecule has 0 N–H and O–H groups in total. The van der Waals surface area contributed by atoms with Gasteiger partial charge < -0.3 is 14.2 Å². The van der Waals surface area contributed by atoms with Gasteiger partial charge in [-0.05, 0) is 41.5 Å². The Bertz CT molecular complexity index is 639. The lowest BCUT2D eigenvalue weighted by atomic mass is 10.1. The first-order chi connectivity index (χ1) is 11.4. The Morgan fingerprint density at radius 3 is 2.52 bits per heavy atom. The van der Waals surface area contributed by atoms with Gasteiger partial charge >= 0.3 is 5.97 Å². The van der Waals surface area contributed by atoms with Crippen molar-refractivity contribution in [3.05, 3.63) is 5.01 Å². The van der Waals surface area contributed by atoms with Crippen molar-refractivity contribution in [2.45, 2.75) is 82.3 Å². The molecule has 3 atom stereocenters. The average Bonchev–Trinajstić information content (AvgIpc) is 2.80. The lowest BCUT2D eigenvalue weighted by molar-refractivity contribution is -0.295. The fourth-order valence-electron chi connectivity index (χ4n) is 2.63. The molecule has 1 saturated heterocycles. The zero-order chi connectivity index (χ0) is 18.8. The van der Waals surface area contributed by atoms with Crippen LogP contribution in [0.25, 0.3) is 0 Å². The molecule has 1 aromatic rings. The molecule has 142 valence electrons. The van der Waals surface area contributed by atoms with Gasteiger partial charge in [-0.25, -0.2) is 0 Å². The van der Waals surface area contributed by atoms with E-state index >= 15 is 0 Å². The van der Waals surface area contributed by atoms with E-state index in [9.17, 15) is 9.00 Å². The summed E-state index contributed by atoms with van der Waals surface area (Å²) in [7, 11) is -1.29. The number of aryl methyl sites for hydroxylation is 1. The molecule has 7 nitrogen and oxygen atoms in total. The Labute approximate surface area is 154 Å². The number of esters is 1. The van der Waals surface area contributed by atoms with E-state index < -0.39 is 22.2 Å². The highest BCUT2D eigenvalue weighted by atomic mass is 32.2. The van der Waals surface area contributed by atoms with Crippen molar-refractivity contribution >= 4 is 28.1 Å². The van der Waals surface area contributed by atoms with Gasteiger partial charge in [0.1, 0.15) is 10.6 Å². The Balaban J connectivity index is 1.97. The van der Waals surface area contributed by atoms with Crippen LogP contribution in [0.4, 0.5) is 0 Å². The molecule has 0 aliphatic carbocycles. The summed E-state index contributed by atoms with van der Waals surface area (Å²) in [5, 5.41) is 8.61. The third kappa shape index (κ3) is 6.73. The summed E-state index contributed by atoms with van der Waals surface area (Å²) in [6.07, 6.45) is -0.00454. The predicted octanol–water partition coefficient (Wildman–Crippen LogP) is 2.60. The highest BCUT2D eigenvalue weighted by molar-refractivity contribution is 7.87. The number of nitrogens with zero attached hydrogens (tertiary/aromatic N) is 2. The van der Waals surface area contributed by atoms with Crippen molar-refractivity contribution in [3.63, 3.8) is 0 Å². The molecule has 1 aliphatic rings. The minimum Gasteiger partial charge on any atom is -0.460 e. The van der Waals surface area contributed by atoms with E-state index in [2.05, 4.69) is 10.2 Å². The van der Waals surface area contributed by atoms with Crippen molar-refractivity contribution in [2.75, 3.05) is 5.75 Å². The van der Waals surface area contributed by atoms with Crippen LogP contribution in [0.5, 0.6) is 0 Å². The molecule has 0 radical (unpaired) electrons. The molecule has 0 unspecified atom stereocenters. The predicted molar refractivity (Wildman–Crippen MR) is 94.8 cm³/mol. The van der Waals surface area contributed by atoms with Gasteiger partial charge in [0.15, 0.2) is 5.79 Å². The number of carbonyl (C=O) groups is 1. The summed E-state index contributed by atoms with van der Waals surface area (Å²) in [5.74, 6) is -0.863. The quantitative estimate of drug-likeness (QED) is 0.714. The molecule has 1 fully saturated rings. The zero-order valence-corrected chi connectivity index (χ0v) is 17.2. The minimum atomic E-state index is -1.29. The van der Waals surface area contributed by atoms with Crippen molar-refractivity contribution in [2.24, 2.45) is 0 Å². The Morgan fingerprint density at radius 1 is 1.32 bits per heavy atom. The van der Waals surface area contributed by atoms with Crippen molar-refractivity contribution in [1.82, 2.24) is 10.2 Å². The summed E-state index contributed by atoms with van der Waals surface area (Å²) < 4.78 is 30.0. The van der Waals surface area contributed by atoms with Crippen LogP contribution in [0.15, 0.2) is 4.34 Å². The van der Waals surface area contributed by atoms with Crippen LogP contribution >= 0.6 is 11.3 Å². The van der Waals surface area contributed by atoms with Crippen LogP contribution in [0.2, 0.25) is 0 Å². The molecule has 9 heteroatoms. The van der Waals surface area contributed by atoms with Crippen LogP contribution in [0.3, 0.4) is 0 Å². The van der Waals surface area contributed by atoms with E-state index in [1.54, 1.807) is 13.8 Å². The highest BCUT2D eigenvalue weighted by Gasteiger charge is 2.38. The maximum atomic E-state index is 12.5. The molecule has 2 heterocycles. The number of aromatic nitrogens is 2. The molecule has 25 heavy (non-hydrogen) atoms. The van der Waals surface area contributed by atoms with Gasteiger partial charge in [0.25, 0.3) is 0 Å². The Hall–Kier alpha value is -0.900. The molecule has 0 bridgehead atoms. The lowest BCUT2D eigenvalue weighted by Crippen LogP contribution is -2.47. The van der Waals surface area contributed by atoms with Crippen LogP contribution in [-0.2, 0) is 29.8 Å². The topological polar surface area (TPSA) is 87.6 Å². The molecule has 2 rings (SSSR count). The summed E-state index contributed by atoms with van der Waals surface area (Å²) >= 11 is 1.32. The molecular weight excluding hydrogens is 364 g/mol. The molecule has 0 saturated carbocycles. The second-order valence-electron chi connectivity index (χ2n) is 7.50.